The fourth-order valence-electron chi connectivity index (χ4n) is 2.47. The third-order valence-electron chi connectivity index (χ3n) is 3.57. The Bertz CT molecular complexity index is 409. The van der Waals surface area contributed by atoms with E-state index in [4.69, 9.17) is 0 Å². The van der Waals surface area contributed by atoms with Crippen molar-refractivity contribution < 1.29 is 14.6 Å². The Labute approximate surface area is 107 Å². The first-order valence-corrected chi connectivity index (χ1v) is 6.45. The monoisotopic (exact) mass is 253 g/mol. The highest BCUT2D eigenvalue weighted by Crippen LogP contribution is 2.27. The lowest BCUT2D eigenvalue weighted by Crippen LogP contribution is -2.37. The Balaban J connectivity index is 2.17. The largest absolute Gasteiger partial charge is 0.396 e. The van der Waals surface area contributed by atoms with E-state index in [9.17, 15) is 14.6 Å². The number of halogens is 1. The van der Waals surface area contributed by atoms with Crippen LogP contribution in [0.5, 0.6) is 0 Å². The lowest BCUT2D eigenvalue weighted by atomic mass is 9.98. The van der Waals surface area contributed by atoms with Crippen molar-refractivity contribution >= 4 is 5.69 Å². The predicted octanol–water partition coefficient (Wildman–Crippen LogP) is 2.09. The van der Waals surface area contributed by atoms with Gasteiger partial charge in [0, 0.05) is 19.7 Å². The number of hydrogen-bond donors (Lipinski definition) is 2. The molecule has 0 spiro atoms. The molecule has 0 radical (unpaired) electrons. The fraction of sp³-hybridized carbons (Fsp3) is 0.571. The van der Waals surface area contributed by atoms with Crippen LogP contribution in [-0.2, 0) is 0 Å². The van der Waals surface area contributed by atoms with Crippen LogP contribution in [0.3, 0.4) is 0 Å². The van der Waals surface area contributed by atoms with E-state index in [1.165, 1.54) is 6.07 Å². The quantitative estimate of drug-likeness (QED) is 0.867. The second-order valence-corrected chi connectivity index (χ2v) is 5.02. The van der Waals surface area contributed by atoms with Gasteiger partial charge in [0.15, 0.2) is 0 Å². The van der Waals surface area contributed by atoms with E-state index < -0.39 is 6.10 Å². The van der Waals surface area contributed by atoms with Gasteiger partial charge in [0.1, 0.15) is 5.82 Å². The summed E-state index contributed by atoms with van der Waals surface area (Å²) >= 11 is 0. The summed E-state index contributed by atoms with van der Waals surface area (Å²) in [7, 11) is 0. The molecule has 1 fully saturated rings. The van der Waals surface area contributed by atoms with E-state index in [1.54, 1.807) is 19.1 Å². The minimum Gasteiger partial charge on any atom is -0.396 e. The molecule has 1 aromatic rings. The van der Waals surface area contributed by atoms with Crippen molar-refractivity contribution in [2.24, 2.45) is 5.92 Å². The lowest BCUT2D eigenvalue weighted by Gasteiger charge is -2.34. The molecule has 1 unspecified atom stereocenters. The van der Waals surface area contributed by atoms with E-state index in [2.05, 4.69) is 0 Å². The van der Waals surface area contributed by atoms with E-state index in [-0.39, 0.29) is 18.3 Å². The molecule has 4 heteroatoms. The van der Waals surface area contributed by atoms with Crippen LogP contribution >= 0.6 is 0 Å². The van der Waals surface area contributed by atoms with E-state index >= 15 is 0 Å². The minimum absolute atomic E-state index is 0.157. The Morgan fingerprint density at radius 1 is 1.50 bits per heavy atom. The lowest BCUT2D eigenvalue weighted by molar-refractivity contribution is 0.198. The maximum Gasteiger partial charge on any atom is 0.146 e. The second-order valence-electron chi connectivity index (χ2n) is 5.02. The maximum atomic E-state index is 14.0. The van der Waals surface area contributed by atoms with Gasteiger partial charge in [-0.05, 0) is 43.4 Å². The molecule has 2 atom stereocenters. The number of piperidine rings is 1. The Hall–Kier alpha value is -1.13. The Kier molecular flexibility index (Phi) is 4.19. The highest BCUT2D eigenvalue weighted by molar-refractivity contribution is 5.49. The van der Waals surface area contributed by atoms with E-state index in [1.807, 2.05) is 4.90 Å². The third kappa shape index (κ3) is 2.82. The van der Waals surface area contributed by atoms with Gasteiger partial charge in [0.25, 0.3) is 0 Å². The molecule has 2 N–H and O–H groups in total. The molecule has 1 heterocycles. The van der Waals surface area contributed by atoms with Crippen molar-refractivity contribution in [3.05, 3.63) is 29.6 Å². The minimum atomic E-state index is -0.653. The fourth-order valence-corrected chi connectivity index (χ4v) is 2.47. The molecule has 0 amide bonds. The topological polar surface area (TPSA) is 43.7 Å². The Morgan fingerprint density at radius 2 is 2.28 bits per heavy atom. The van der Waals surface area contributed by atoms with Crippen LogP contribution in [0.25, 0.3) is 0 Å². The molecule has 2 rings (SSSR count). The molecule has 0 aromatic heterocycles. The van der Waals surface area contributed by atoms with Gasteiger partial charge in [0.2, 0.25) is 0 Å². The van der Waals surface area contributed by atoms with Crippen molar-refractivity contribution in [3.8, 4) is 0 Å². The van der Waals surface area contributed by atoms with Crippen LogP contribution in [0.15, 0.2) is 18.2 Å². The molecule has 3 nitrogen and oxygen atoms in total. The number of aliphatic hydroxyl groups excluding tert-OH is 2. The first kappa shape index (κ1) is 13.3. The second kappa shape index (κ2) is 5.67. The van der Waals surface area contributed by atoms with Gasteiger partial charge in [-0.2, -0.15) is 0 Å². The summed E-state index contributed by atoms with van der Waals surface area (Å²) in [5.41, 5.74) is 1.16. The summed E-state index contributed by atoms with van der Waals surface area (Å²) in [5.74, 6) is -0.0680. The van der Waals surface area contributed by atoms with Crippen molar-refractivity contribution in [2.45, 2.75) is 25.9 Å². The van der Waals surface area contributed by atoms with Crippen LogP contribution in [0.2, 0.25) is 0 Å². The molecule has 100 valence electrons. The zero-order chi connectivity index (χ0) is 13.1. The van der Waals surface area contributed by atoms with Gasteiger partial charge in [-0.15, -0.1) is 0 Å². The average Bonchev–Trinajstić information content (AvgIpc) is 2.38. The molecule has 1 aromatic carbocycles. The molecule has 18 heavy (non-hydrogen) atoms. The first-order chi connectivity index (χ1) is 8.61. The zero-order valence-corrected chi connectivity index (χ0v) is 10.6. The number of nitrogens with zero attached hydrogens (tertiary/aromatic N) is 1. The van der Waals surface area contributed by atoms with E-state index in [0.29, 0.717) is 17.8 Å². The van der Waals surface area contributed by atoms with Crippen molar-refractivity contribution in [3.63, 3.8) is 0 Å². The molecule has 1 saturated heterocycles. The van der Waals surface area contributed by atoms with E-state index in [0.717, 1.165) is 19.4 Å². The van der Waals surface area contributed by atoms with Crippen molar-refractivity contribution in [1.29, 1.82) is 0 Å². The van der Waals surface area contributed by atoms with Gasteiger partial charge in [-0.1, -0.05) is 6.07 Å². The number of anilines is 1. The summed E-state index contributed by atoms with van der Waals surface area (Å²) in [6, 6.07) is 4.87. The van der Waals surface area contributed by atoms with Crippen molar-refractivity contribution in [2.75, 3.05) is 24.6 Å². The molecule has 1 aliphatic rings. The van der Waals surface area contributed by atoms with Crippen LogP contribution in [-0.4, -0.2) is 29.9 Å². The van der Waals surface area contributed by atoms with Gasteiger partial charge < -0.3 is 15.1 Å². The standard InChI is InChI=1S/C14H20FNO2/c1-10(18)12-4-5-14(13(15)7-12)16-6-2-3-11(8-16)9-17/h4-5,7,10-11,17-18H,2-3,6,8-9H2,1H3/t10-,11?/m1/s1. The maximum absolute atomic E-state index is 14.0. The first-order valence-electron chi connectivity index (χ1n) is 6.45. The SMILES string of the molecule is C[C@@H](O)c1ccc(N2CCCC(CO)C2)c(F)c1. The van der Waals surface area contributed by atoms with Crippen molar-refractivity contribution in [1.82, 2.24) is 0 Å². The summed E-state index contributed by atoms with van der Waals surface area (Å²) in [4.78, 5) is 1.98. The van der Waals surface area contributed by atoms with Gasteiger partial charge in [-0.3, -0.25) is 0 Å². The molecule has 0 aliphatic carbocycles. The summed E-state index contributed by atoms with van der Waals surface area (Å²) in [5, 5.41) is 18.6. The van der Waals surface area contributed by atoms with Gasteiger partial charge >= 0.3 is 0 Å². The zero-order valence-electron chi connectivity index (χ0n) is 10.6. The van der Waals surface area contributed by atoms with Crippen LogP contribution in [0, 0.1) is 11.7 Å². The average molecular weight is 253 g/mol. The smallest absolute Gasteiger partial charge is 0.146 e. The normalized spacial score (nSPS) is 22.0. The summed E-state index contributed by atoms with van der Waals surface area (Å²) in [6.07, 6.45) is 1.32. The number of benzene rings is 1. The number of hydrogen-bond acceptors (Lipinski definition) is 3. The molecular formula is C14H20FNO2. The van der Waals surface area contributed by atoms with Crippen LogP contribution in [0.4, 0.5) is 10.1 Å². The highest BCUT2D eigenvalue weighted by Gasteiger charge is 2.21. The summed E-state index contributed by atoms with van der Waals surface area (Å²) in [6.45, 7) is 3.30. The number of aliphatic hydroxyl groups is 2. The number of rotatable bonds is 3. The van der Waals surface area contributed by atoms with Gasteiger partial charge in [0.05, 0.1) is 11.8 Å². The Morgan fingerprint density at radius 3 is 2.89 bits per heavy atom. The molecule has 0 bridgehead atoms. The predicted molar refractivity (Wildman–Crippen MR) is 69.1 cm³/mol. The molecule has 1 aliphatic heterocycles. The molecule has 0 saturated carbocycles. The summed E-state index contributed by atoms with van der Waals surface area (Å²) < 4.78 is 14.0. The van der Waals surface area contributed by atoms with Crippen LogP contribution < -0.4 is 4.90 Å². The third-order valence-corrected chi connectivity index (χ3v) is 3.57. The highest BCUT2D eigenvalue weighted by atomic mass is 19.1. The van der Waals surface area contributed by atoms with Crippen LogP contribution in [0.1, 0.15) is 31.4 Å². The molecular weight excluding hydrogens is 233 g/mol. The van der Waals surface area contributed by atoms with Gasteiger partial charge in [-0.25, -0.2) is 4.39 Å².